The monoisotopic (exact) mass is 186 g/mol. The van der Waals surface area contributed by atoms with Crippen LogP contribution < -0.4 is 17.0 Å². The first-order valence-electron chi connectivity index (χ1n) is 1.71. The van der Waals surface area contributed by atoms with E-state index < -0.39 is 0 Å². The van der Waals surface area contributed by atoms with Crippen molar-refractivity contribution >= 4 is 0 Å². The minimum Gasteiger partial charge on any atom is -1.00 e. The van der Waals surface area contributed by atoms with Crippen molar-refractivity contribution in [1.29, 1.82) is 0 Å². The summed E-state index contributed by atoms with van der Waals surface area (Å²) >= 11 is 1.47. The summed E-state index contributed by atoms with van der Waals surface area (Å²) in [5.74, 6) is 0. The van der Waals surface area contributed by atoms with Crippen LogP contribution in [0.15, 0.2) is 0 Å². The summed E-state index contributed by atoms with van der Waals surface area (Å²) in [5, 5.41) is 1.44. The Morgan fingerprint density at radius 2 is 1.80 bits per heavy atom. The molecule has 28 valence electrons. The first-order valence-corrected chi connectivity index (χ1v) is 3.81. The third-order valence-corrected chi connectivity index (χ3v) is 1.84. The van der Waals surface area contributed by atoms with Crippen molar-refractivity contribution in [3.63, 3.8) is 0 Å². The molecule has 0 rings (SSSR count). The zero-order valence-electron chi connectivity index (χ0n) is 3.50. The molecule has 0 spiro atoms. The van der Waals surface area contributed by atoms with E-state index in [-0.39, 0.29) is 17.0 Å². The second-order valence-electron chi connectivity index (χ2n) is 0.854. The summed E-state index contributed by atoms with van der Waals surface area (Å²) in [4.78, 5) is 0. The molecule has 5 heavy (non-hydrogen) atoms. The molecule has 0 radical (unpaired) electrons. The van der Waals surface area contributed by atoms with Crippen LogP contribution in [-0.2, 0) is 18.3 Å². The summed E-state index contributed by atoms with van der Waals surface area (Å²) in [6.45, 7) is 2.21. The van der Waals surface area contributed by atoms with Crippen LogP contribution in [0.2, 0.25) is 5.02 Å². The Labute approximate surface area is 53.8 Å². The normalized spacial score (nSPS) is 6.20. The van der Waals surface area contributed by atoms with E-state index in [0.717, 1.165) is 0 Å². The molecule has 0 unspecified atom stereocenters. The Balaban J connectivity index is 0. The maximum atomic E-state index is 2.21. The number of halogens is 1. The van der Waals surface area contributed by atoms with Crippen LogP contribution in [0.1, 0.15) is 13.3 Å². The Kier molecular flexibility index (Phi) is 16.8. The maximum Gasteiger partial charge on any atom is -1.00 e. The minimum atomic E-state index is 0. The second kappa shape index (κ2) is 8.92. The van der Waals surface area contributed by atoms with Gasteiger partial charge < -0.3 is 17.0 Å². The molecular weight excluding hydrogens is 181 g/mol. The fourth-order valence-electron chi connectivity index (χ4n) is 0. The van der Waals surface area contributed by atoms with Gasteiger partial charge in [0.15, 0.2) is 0 Å². The number of rotatable bonds is 1. The molecule has 0 aromatic heterocycles. The van der Waals surface area contributed by atoms with Gasteiger partial charge in [-0.15, -0.1) is 0 Å². The summed E-state index contributed by atoms with van der Waals surface area (Å²) in [7, 11) is 0. The molecule has 0 bridgehead atoms. The van der Waals surface area contributed by atoms with E-state index in [2.05, 4.69) is 6.92 Å². The van der Waals surface area contributed by atoms with Gasteiger partial charge in [0.2, 0.25) is 0 Å². The molecule has 0 aliphatic rings. The molecule has 0 atom stereocenters. The average molecular weight is 188 g/mol. The molecule has 0 fully saturated rings. The van der Waals surface area contributed by atoms with Gasteiger partial charge >= 0.3 is 36.7 Å². The first kappa shape index (κ1) is 9.44. The molecule has 0 amide bonds. The maximum absolute atomic E-state index is 2.21. The van der Waals surface area contributed by atoms with Crippen molar-refractivity contribution in [3.05, 3.63) is 0 Å². The average Bonchev–Trinajstić information content (AvgIpc) is 1.37. The van der Waals surface area contributed by atoms with Crippen molar-refractivity contribution in [2.75, 3.05) is 0 Å². The Morgan fingerprint density at radius 1 is 1.60 bits per heavy atom. The summed E-state index contributed by atoms with van der Waals surface area (Å²) in [6, 6.07) is 0. The van der Waals surface area contributed by atoms with E-state index in [1.165, 1.54) is 29.7 Å². The van der Waals surface area contributed by atoms with E-state index in [1.54, 1.807) is 0 Å². The Bertz CT molecular complexity index is 8.85. The SMILES string of the molecule is CC[CH2][Zn+].[Br-]. The molecule has 0 saturated heterocycles. The molecule has 0 N–H and O–H groups in total. The molecule has 0 saturated carbocycles. The van der Waals surface area contributed by atoms with Crippen molar-refractivity contribution in [2.24, 2.45) is 0 Å². The quantitative estimate of drug-likeness (QED) is 0.433. The van der Waals surface area contributed by atoms with Gasteiger partial charge in [0.1, 0.15) is 0 Å². The predicted octanol–water partition coefficient (Wildman–Crippen LogP) is -1.63. The van der Waals surface area contributed by atoms with Crippen LogP contribution in [-0.4, -0.2) is 0 Å². The smallest absolute Gasteiger partial charge is 1.00 e. The summed E-state index contributed by atoms with van der Waals surface area (Å²) in [5.41, 5.74) is 0. The van der Waals surface area contributed by atoms with E-state index in [4.69, 9.17) is 0 Å². The molecular formula is C3H7BrZn. The van der Waals surface area contributed by atoms with Crippen LogP contribution in [0, 0.1) is 0 Å². The van der Waals surface area contributed by atoms with Gasteiger partial charge in [0.05, 0.1) is 0 Å². The zero-order chi connectivity index (χ0) is 3.41. The van der Waals surface area contributed by atoms with E-state index in [0.29, 0.717) is 0 Å². The molecule has 0 aliphatic heterocycles. The molecule has 0 aromatic carbocycles. The molecule has 0 aliphatic carbocycles. The standard InChI is InChI=1S/C3H7.BrH.Zn/c1-3-2;;/h1,3H2,2H3;1H;/q;;+1/p-1. The van der Waals surface area contributed by atoms with Crippen LogP contribution in [0.25, 0.3) is 0 Å². The van der Waals surface area contributed by atoms with Gasteiger partial charge in [-0.1, -0.05) is 0 Å². The Hall–Kier alpha value is 1.10. The van der Waals surface area contributed by atoms with E-state index >= 15 is 0 Å². The molecule has 0 nitrogen and oxygen atoms in total. The molecule has 0 aromatic rings. The number of hydrogen-bond donors (Lipinski definition) is 0. The third kappa shape index (κ3) is 11.1. The van der Waals surface area contributed by atoms with Crippen molar-refractivity contribution < 1.29 is 35.3 Å². The Morgan fingerprint density at radius 3 is 1.80 bits per heavy atom. The first-order chi connectivity index (χ1) is 1.91. The summed E-state index contributed by atoms with van der Waals surface area (Å²) < 4.78 is 0. The van der Waals surface area contributed by atoms with Gasteiger partial charge in [-0.25, -0.2) is 0 Å². The van der Waals surface area contributed by atoms with Gasteiger partial charge in [-0.05, 0) is 0 Å². The molecule has 2 heteroatoms. The van der Waals surface area contributed by atoms with Crippen molar-refractivity contribution in [1.82, 2.24) is 0 Å². The zero-order valence-corrected chi connectivity index (χ0v) is 8.05. The van der Waals surface area contributed by atoms with Crippen LogP contribution in [0.4, 0.5) is 0 Å². The fraction of sp³-hybridized carbons (Fsp3) is 1.00. The van der Waals surface area contributed by atoms with E-state index in [1.807, 2.05) is 0 Å². The van der Waals surface area contributed by atoms with Gasteiger partial charge in [-0.2, -0.15) is 0 Å². The predicted molar refractivity (Wildman–Crippen MR) is 15.1 cm³/mol. The topological polar surface area (TPSA) is 0 Å². The van der Waals surface area contributed by atoms with E-state index in [9.17, 15) is 0 Å². The van der Waals surface area contributed by atoms with Crippen LogP contribution >= 0.6 is 0 Å². The van der Waals surface area contributed by atoms with Crippen molar-refractivity contribution in [2.45, 2.75) is 18.4 Å². The van der Waals surface area contributed by atoms with Crippen LogP contribution in [0.3, 0.4) is 0 Å². The molecule has 0 heterocycles. The van der Waals surface area contributed by atoms with Gasteiger partial charge in [0.25, 0.3) is 0 Å². The largest absolute Gasteiger partial charge is 1.00 e. The van der Waals surface area contributed by atoms with Gasteiger partial charge in [0, 0.05) is 0 Å². The summed E-state index contributed by atoms with van der Waals surface area (Å²) in [6.07, 6.45) is 1.38. The number of hydrogen-bond acceptors (Lipinski definition) is 0. The fourth-order valence-corrected chi connectivity index (χ4v) is 0. The third-order valence-electron chi connectivity index (χ3n) is 0.354. The minimum absolute atomic E-state index is 0. The van der Waals surface area contributed by atoms with Gasteiger partial charge in [-0.3, -0.25) is 0 Å². The second-order valence-corrected chi connectivity index (χ2v) is 2.34. The van der Waals surface area contributed by atoms with Crippen molar-refractivity contribution in [3.8, 4) is 0 Å². The van der Waals surface area contributed by atoms with Crippen LogP contribution in [0.5, 0.6) is 0 Å².